The van der Waals surface area contributed by atoms with E-state index in [1.54, 1.807) is 6.20 Å². The first-order valence-electron chi connectivity index (χ1n) is 8.55. The number of nitrogens with one attached hydrogen (secondary N) is 1. The number of aromatic nitrogens is 3. The van der Waals surface area contributed by atoms with Crippen LogP contribution in [-0.2, 0) is 0 Å². The van der Waals surface area contributed by atoms with Gasteiger partial charge in [-0.2, -0.15) is 4.98 Å². The third-order valence-corrected chi connectivity index (χ3v) is 4.64. The number of para-hydroxylation sites is 1. The third kappa shape index (κ3) is 3.70. The molecule has 0 bridgehead atoms. The van der Waals surface area contributed by atoms with E-state index in [2.05, 4.69) is 30.1 Å². The summed E-state index contributed by atoms with van der Waals surface area (Å²) in [6.07, 6.45) is 3.60. The van der Waals surface area contributed by atoms with Crippen LogP contribution < -0.4 is 15.1 Å². The summed E-state index contributed by atoms with van der Waals surface area (Å²) < 4.78 is 0. The predicted molar refractivity (Wildman–Crippen MR) is 105 cm³/mol. The maximum Gasteiger partial charge on any atom is 0.227 e. The number of piperazine rings is 1. The second kappa shape index (κ2) is 7.58. The lowest BCUT2D eigenvalue weighted by Crippen LogP contribution is -2.47. The van der Waals surface area contributed by atoms with E-state index in [0.29, 0.717) is 5.02 Å². The van der Waals surface area contributed by atoms with Crippen LogP contribution in [0, 0.1) is 0 Å². The molecular weight excluding hydrogens is 348 g/mol. The van der Waals surface area contributed by atoms with Crippen molar-refractivity contribution in [1.82, 2.24) is 15.0 Å². The molecule has 26 heavy (non-hydrogen) atoms. The van der Waals surface area contributed by atoms with Crippen molar-refractivity contribution in [3.05, 3.63) is 65.9 Å². The molecule has 0 unspecified atom stereocenters. The zero-order valence-corrected chi connectivity index (χ0v) is 15.0. The Balaban J connectivity index is 1.44. The van der Waals surface area contributed by atoms with Crippen molar-refractivity contribution >= 4 is 34.9 Å². The number of rotatable bonds is 4. The van der Waals surface area contributed by atoms with Crippen molar-refractivity contribution in [1.29, 1.82) is 0 Å². The molecule has 1 aromatic carbocycles. The molecule has 0 saturated carbocycles. The number of halogens is 1. The van der Waals surface area contributed by atoms with Crippen LogP contribution in [0.25, 0.3) is 0 Å². The van der Waals surface area contributed by atoms with Gasteiger partial charge < -0.3 is 15.1 Å². The van der Waals surface area contributed by atoms with Gasteiger partial charge in [0.25, 0.3) is 0 Å². The lowest BCUT2D eigenvalue weighted by Gasteiger charge is -2.35. The quantitative estimate of drug-likeness (QED) is 0.761. The Morgan fingerprint density at radius 2 is 1.58 bits per heavy atom. The van der Waals surface area contributed by atoms with Gasteiger partial charge in [0, 0.05) is 38.6 Å². The number of hydrogen-bond acceptors (Lipinski definition) is 6. The highest BCUT2D eigenvalue weighted by molar-refractivity contribution is 6.33. The van der Waals surface area contributed by atoms with E-state index < -0.39 is 0 Å². The van der Waals surface area contributed by atoms with E-state index >= 15 is 0 Å². The van der Waals surface area contributed by atoms with E-state index in [4.69, 9.17) is 11.6 Å². The minimum Gasteiger partial charge on any atom is -0.353 e. The van der Waals surface area contributed by atoms with Gasteiger partial charge in [0.15, 0.2) is 0 Å². The number of nitrogens with zero attached hydrogens (tertiary/aromatic N) is 5. The van der Waals surface area contributed by atoms with Gasteiger partial charge in [0.05, 0.1) is 10.7 Å². The molecule has 0 radical (unpaired) electrons. The summed E-state index contributed by atoms with van der Waals surface area (Å²) in [7, 11) is 0. The molecule has 1 fully saturated rings. The first-order chi connectivity index (χ1) is 12.8. The monoisotopic (exact) mass is 366 g/mol. The van der Waals surface area contributed by atoms with E-state index in [9.17, 15) is 0 Å². The van der Waals surface area contributed by atoms with Gasteiger partial charge in [0.1, 0.15) is 11.6 Å². The van der Waals surface area contributed by atoms with Crippen molar-refractivity contribution in [3.63, 3.8) is 0 Å². The smallest absolute Gasteiger partial charge is 0.227 e. The van der Waals surface area contributed by atoms with Gasteiger partial charge in [-0.15, -0.1) is 0 Å². The van der Waals surface area contributed by atoms with Gasteiger partial charge in [-0.05, 0) is 30.3 Å². The van der Waals surface area contributed by atoms with Crippen LogP contribution >= 0.6 is 11.6 Å². The highest BCUT2D eigenvalue weighted by Gasteiger charge is 2.20. The van der Waals surface area contributed by atoms with Crippen LogP contribution in [0.3, 0.4) is 0 Å². The SMILES string of the molecule is Clc1ccccc1Nc1ccnc(N2CCN(c3ccccn3)CC2)n1. The molecule has 3 heterocycles. The molecule has 0 aliphatic carbocycles. The van der Waals surface area contributed by atoms with Gasteiger partial charge in [-0.1, -0.05) is 29.8 Å². The molecule has 4 rings (SSSR count). The number of pyridine rings is 1. The molecule has 1 aliphatic rings. The topological polar surface area (TPSA) is 57.2 Å². The number of hydrogen-bond donors (Lipinski definition) is 1. The van der Waals surface area contributed by atoms with Gasteiger partial charge in [0.2, 0.25) is 5.95 Å². The Morgan fingerprint density at radius 3 is 2.35 bits per heavy atom. The fourth-order valence-corrected chi connectivity index (χ4v) is 3.13. The van der Waals surface area contributed by atoms with Crippen molar-refractivity contribution < 1.29 is 0 Å². The molecule has 1 saturated heterocycles. The zero-order valence-electron chi connectivity index (χ0n) is 14.2. The van der Waals surface area contributed by atoms with Crippen LogP contribution in [0.2, 0.25) is 5.02 Å². The van der Waals surface area contributed by atoms with Crippen LogP contribution in [0.1, 0.15) is 0 Å². The summed E-state index contributed by atoms with van der Waals surface area (Å²) in [4.78, 5) is 18.0. The first-order valence-corrected chi connectivity index (χ1v) is 8.93. The average Bonchev–Trinajstić information content (AvgIpc) is 2.71. The second-order valence-corrected chi connectivity index (χ2v) is 6.42. The van der Waals surface area contributed by atoms with Gasteiger partial charge in [-0.25, -0.2) is 9.97 Å². The van der Waals surface area contributed by atoms with Gasteiger partial charge in [-0.3, -0.25) is 0 Å². The Labute approximate surface area is 157 Å². The summed E-state index contributed by atoms with van der Waals surface area (Å²) in [5, 5.41) is 3.92. The zero-order chi connectivity index (χ0) is 17.8. The van der Waals surface area contributed by atoms with E-state index in [0.717, 1.165) is 49.5 Å². The summed E-state index contributed by atoms with van der Waals surface area (Å²) in [5.74, 6) is 2.47. The molecule has 0 atom stereocenters. The molecule has 132 valence electrons. The van der Waals surface area contributed by atoms with Crippen molar-refractivity contribution in [2.45, 2.75) is 0 Å². The van der Waals surface area contributed by atoms with Crippen molar-refractivity contribution in [2.24, 2.45) is 0 Å². The fraction of sp³-hybridized carbons (Fsp3) is 0.211. The summed E-state index contributed by atoms with van der Waals surface area (Å²) in [6, 6.07) is 15.5. The largest absolute Gasteiger partial charge is 0.353 e. The molecule has 3 aromatic rings. The fourth-order valence-electron chi connectivity index (χ4n) is 2.95. The average molecular weight is 367 g/mol. The first kappa shape index (κ1) is 16.6. The standard InChI is InChI=1S/C19H19ClN6/c20-15-5-1-2-6-16(15)23-17-8-10-22-19(24-17)26-13-11-25(12-14-26)18-7-3-4-9-21-18/h1-10H,11-14H2,(H,22,23,24). The van der Waals surface area contributed by atoms with Crippen LogP contribution in [0.15, 0.2) is 60.9 Å². The highest BCUT2D eigenvalue weighted by atomic mass is 35.5. The lowest BCUT2D eigenvalue weighted by atomic mass is 10.3. The number of anilines is 4. The molecule has 1 N–H and O–H groups in total. The summed E-state index contributed by atoms with van der Waals surface area (Å²) in [6.45, 7) is 3.49. The minimum atomic E-state index is 0.664. The summed E-state index contributed by atoms with van der Waals surface area (Å²) in [5.41, 5.74) is 0.832. The Hall–Kier alpha value is -2.86. The lowest BCUT2D eigenvalue weighted by molar-refractivity contribution is 0.635. The van der Waals surface area contributed by atoms with E-state index in [1.165, 1.54) is 0 Å². The Morgan fingerprint density at radius 1 is 0.808 bits per heavy atom. The normalized spacial score (nSPS) is 14.3. The van der Waals surface area contributed by atoms with Crippen LogP contribution in [-0.4, -0.2) is 41.1 Å². The molecule has 1 aliphatic heterocycles. The maximum absolute atomic E-state index is 6.21. The van der Waals surface area contributed by atoms with Crippen LogP contribution in [0.4, 0.5) is 23.3 Å². The third-order valence-electron chi connectivity index (χ3n) is 4.32. The molecular formula is C19H19ClN6. The van der Waals surface area contributed by atoms with Crippen molar-refractivity contribution in [2.75, 3.05) is 41.3 Å². The Bertz CT molecular complexity index is 865. The summed E-state index contributed by atoms with van der Waals surface area (Å²) >= 11 is 6.21. The predicted octanol–water partition coefficient (Wildman–Crippen LogP) is 3.60. The molecule has 0 spiro atoms. The maximum atomic E-state index is 6.21. The Kier molecular flexibility index (Phi) is 4.84. The van der Waals surface area contributed by atoms with Gasteiger partial charge >= 0.3 is 0 Å². The number of benzene rings is 1. The second-order valence-electron chi connectivity index (χ2n) is 6.01. The van der Waals surface area contributed by atoms with Crippen LogP contribution in [0.5, 0.6) is 0 Å². The van der Waals surface area contributed by atoms with E-state index in [-0.39, 0.29) is 0 Å². The molecule has 7 heteroatoms. The highest BCUT2D eigenvalue weighted by Crippen LogP contribution is 2.24. The molecule has 0 amide bonds. The van der Waals surface area contributed by atoms with E-state index in [1.807, 2.05) is 54.7 Å². The molecule has 2 aromatic heterocycles. The molecule has 6 nitrogen and oxygen atoms in total. The van der Waals surface area contributed by atoms with Crippen molar-refractivity contribution in [3.8, 4) is 0 Å². The minimum absolute atomic E-state index is 0.664.